The van der Waals surface area contributed by atoms with Gasteiger partial charge in [-0.25, -0.2) is 0 Å². The molecule has 0 aliphatic rings. The van der Waals surface area contributed by atoms with Crippen molar-refractivity contribution in [3.05, 3.63) is 59.7 Å². The minimum atomic E-state index is 0. The Hall–Kier alpha value is -1.73. The van der Waals surface area contributed by atoms with Crippen molar-refractivity contribution in [1.82, 2.24) is 0 Å². The van der Waals surface area contributed by atoms with Crippen LogP contribution in [0.4, 0.5) is 11.4 Å². The van der Waals surface area contributed by atoms with Gasteiger partial charge in [0.25, 0.3) is 0 Å². The molecular weight excluding hydrogens is 399 g/mol. The molecule has 0 N–H and O–H groups in total. The second-order valence-electron chi connectivity index (χ2n) is 7.50. The van der Waals surface area contributed by atoms with Gasteiger partial charge in [0.15, 0.2) is 0 Å². The number of unbranched alkanes of at least 4 members (excludes halogenated alkanes) is 2. The Morgan fingerprint density at radius 3 is 2.07 bits per heavy atom. The molecule has 2 aromatic rings. The van der Waals surface area contributed by atoms with E-state index in [1.54, 1.807) is 0 Å². The Kier molecular flexibility index (Phi) is 12.5. The quantitative estimate of drug-likeness (QED) is 0.194. The Morgan fingerprint density at radius 1 is 0.724 bits per heavy atom. The topological polar surface area (TPSA) is 24.7 Å². The van der Waals surface area contributed by atoms with Crippen molar-refractivity contribution in [3.63, 3.8) is 0 Å². The van der Waals surface area contributed by atoms with Crippen LogP contribution in [-0.2, 0) is 29.3 Å². The molecule has 0 unspecified atom stereocenters. The van der Waals surface area contributed by atoms with Gasteiger partial charge in [-0.3, -0.25) is 9.98 Å². The Labute approximate surface area is 187 Å². The van der Waals surface area contributed by atoms with Gasteiger partial charge in [-0.05, 0) is 68.0 Å². The molecule has 0 aliphatic heterocycles. The predicted molar refractivity (Wildman–Crippen MR) is 125 cm³/mol. The molecule has 0 fully saturated rings. The summed E-state index contributed by atoms with van der Waals surface area (Å²) in [5, 5.41) is 0. The van der Waals surface area contributed by atoms with Crippen molar-refractivity contribution in [2.45, 2.75) is 79.1 Å². The summed E-state index contributed by atoms with van der Waals surface area (Å²) in [5.41, 5.74) is 7.13. The predicted octanol–water partition coefficient (Wildman–Crippen LogP) is 8.03. The second-order valence-corrected chi connectivity index (χ2v) is 7.50. The fourth-order valence-corrected chi connectivity index (χ4v) is 3.47. The van der Waals surface area contributed by atoms with Gasteiger partial charge in [0.2, 0.25) is 0 Å². The molecule has 2 aromatic carbocycles. The molecule has 0 bridgehead atoms. The fraction of sp³-hybridized carbons (Fsp3) is 0.462. The SMILES string of the molecule is CCCCCC(=Nc1ccc(CCC)c(CCC)c1)C(C)=Nc1ccccc1.[Ni]. The molecule has 0 heterocycles. The second kappa shape index (κ2) is 14.3. The van der Waals surface area contributed by atoms with Crippen LogP contribution in [0.2, 0.25) is 0 Å². The number of nitrogens with zero attached hydrogens (tertiary/aromatic N) is 2. The number of aliphatic imine (C=N–C) groups is 2. The summed E-state index contributed by atoms with van der Waals surface area (Å²) in [5.74, 6) is 0. The van der Waals surface area contributed by atoms with E-state index in [0.717, 1.165) is 48.5 Å². The maximum Gasteiger partial charge on any atom is 0.0636 e. The molecule has 0 aliphatic carbocycles. The molecule has 0 radical (unpaired) electrons. The van der Waals surface area contributed by atoms with E-state index in [1.807, 2.05) is 30.3 Å². The number of para-hydroxylation sites is 1. The van der Waals surface area contributed by atoms with E-state index in [0.29, 0.717) is 0 Å². The third kappa shape index (κ3) is 8.66. The van der Waals surface area contributed by atoms with Crippen molar-refractivity contribution in [2.75, 3.05) is 0 Å². The largest absolute Gasteiger partial charge is 0.252 e. The zero-order valence-corrected chi connectivity index (χ0v) is 19.5. The van der Waals surface area contributed by atoms with E-state index in [-0.39, 0.29) is 16.5 Å². The van der Waals surface area contributed by atoms with Crippen molar-refractivity contribution in [1.29, 1.82) is 0 Å². The van der Waals surface area contributed by atoms with Crippen molar-refractivity contribution < 1.29 is 16.5 Å². The molecule has 0 aromatic heterocycles. The summed E-state index contributed by atoms with van der Waals surface area (Å²) in [7, 11) is 0. The maximum absolute atomic E-state index is 5.06. The van der Waals surface area contributed by atoms with E-state index in [2.05, 4.69) is 45.9 Å². The van der Waals surface area contributed by atoms with E-state index in [1.165, 1.54) is 36.8 Å². The minimum absolute atomic E-state index is 0. The van der Waals surface area contributed by atoms with Crippen LogP contribution in [0.3, 0.4) is 0 Å². The first-order valence-electron chi connectivity index (χ1n) is 11.0. The molecule has 2 nitrogen and oxygen atoms in total. The molecule has 3 heteroatoms. The number of hydrogen-bond donors (Lipinski definition) is 0. The molecule has 0 spiro atoms. The molecule has 0 saturated heterocycles. The summed E-state index contributed by atoms with van der Waals surface area (Å²) in [6.07, 6.45) is 9.22. The molecule has 160 valence electrons. The third-order valence-electron chi connectivity index (χ3n) is 4.98. The molecule has 0 atom stereocenters. The summed E-state index contributed by atoms with van der Waals surface area (Å²) in [6.45, 7) is 8.83. The number of aryl methyl sites for hydroxylation is 2. The van der Waals surface area contributed by atoms with Crippen LogP contribution in [0.25, 0.3) is 0 Å². The minimum Gasteiger partial charge on any atom is -0.252 e. The third-order valence-corrected chi connectivity index (χ3v) is 4.98. The number of benzene rings is 2. The number of hydrogen-bond acceptors (Lipinski definition) is 2. The summed E-state index contributed by atoms with van der Waals surface area (Å²) >= 11 is 0. The first kappa shape index (κ1) is 25.3. The standard InChI is InChI=1S/C26H36N2.Ni/c1-5-8-10-17-26(21(4)27-24-15-11-9-12-16-24)28-25-19-18-22(13-6-2)23(20-25)14-7-3;/h9,11-12,15-16,18-20H,5-8,10,13-14,17H2,1-4H3;. The van der Waals surface area contributed by atoms with Crippen LogP contribution in [0.5, 0.6) is 0 Å². The average Bonchev–Trinajstić information content (AvgIpc) is 2.70. The van der Waals surface area contributed by atoms with E-state index in [4.69, 9.17) is 9.98 Å². The van der Waals surface area contributed by atoms with Gasteiger partial charge < -0.3 is 0 Å². The Morgan fingerprint density at radius 2 is 1.41 bits per heavy atom. The summed E-state index contributed by atoms with van der Waals surface area (Å²) < 4.78 is 0. The summed E-state index contributed by atoms with van der Waals surface area (Å²) in [4.78, 5) is 9.88. The zero-order chi connectivity index (χ0) is 20.2. The zero-order valence-electron chi connectivity index (χ0n) is 18.5. The maximum atomic E-state index is 5.06. The van der Waals surface area contributed by atoms with Gasteiger partial charge in [-0.15, -0.1) is 0 Å². The van der Waals surface area contributed by atoms with Gasteiger partial charge in [0, 0.05) is 16.5 Å². The van der Waals surface area contributed by atoms with Crippen LogP contribution in [0.15, 0.2) is 58.5 Å². The Balaban J connectivity index is 0.00000420. The van der Waals surface area contributed by atoms with Crippen LogP contribution in [0, 0.1) is 0 Å². The normalized spacial score (nSPS) is 12.0. The fourth-order valence-electron chi connectivity index (χ4n) is 3.47. The van der Waals surface area contributed by atoms with Gasteiger partial charge in [-0.2, -0.15) is 0 Å². The average molecular weight is 435 g/mol. The first-order chi connectivity index (χ1) is 13.7. The van der Waals surface area contributed by atoms with Crippen molar-refractivity contribution in [2.24, 2.45) is 9.98 Å². The van der Waals surface area contributed by atoms with E-state index >= 15 is 0 Å². The molecule has 0 amide bonds. The van der Waals surface area contributed by atoms with Crippen LogP contribution < -0.4 is 0 Å². The van der Waals surface area contributed by atoms with Gasteiger partial charge in [0.05, 0.1) is 22.8 Å². The summed E-state index contributed by atoms with van der Waals surface area (Å²) in [6, 6.07) is 16.9. The Bertz CT molecular complexity index is 779. The van der Waals surface area contributed by atoms with Gasteiger partial charge in [0.1, 0.15) is 0 Å². The van der Waals surface area contributed by atoms with E-state index in [9.17, 15) is 0 Å². The molecular formula is C26H36N2Ni. The van der Waals surface area contributed by atoms with Crippen LogP contribution in [0.1, 0.15) is 77.3 Å². The number of rotatable bonds is 11. The van der Waals surface area contributed by atoms with Crippen molar-refractivity contribution >= 4 is 22.8 Å². The van der Waals surface area contributed by atoms with Gasteiger partial charge in [-0.1, -0.05) is 70.7 Å². The van der Waals surface area contributed by atoms with E-state index < -0.39 is 0 Å². The van der Waals surface area contributed by atoms with Crippen LogP contribution in [-0.4, -0.2) is 11.4 Å². The molecule has 29 heavy (non-hydrogen) atoms. The van der Waals surface area contributed by atoms with Gasteiger partial charge >= 0.3 is 0 Å². The van der Waals surface area contributed by atoms with Crippen LogP contribution >= 0.6 is 0 Å². The smallest absolute Gasteiger partial charge is 0.0636 e. The monoisotopic (exact) mass is 434 g/mol. The molecule has 2 rings (SSSR count). The first-order valence-corrected chi connectivity index (χ1v) is 11.0. The molecule has 0 saturated carbocycles. The van der Waals surface area contributed by atoms with Crippen molar-refractivity contribution in [3.8, 4) is 0 Å².